The van der Waals surface area contributed by atoms with E-state index >= 15 is 0 Å². The molecule has 0 unspecified atom stereocenters. The second kappa shape index (κ2) is 8.95. The zero-order valence-electron chi connectivity index (χ0n) is 14.9. The Kier molecular flexibility index (Phi) is 6.16. The third-order valence-corrected chi connectivity index (χ3v) is 4.49. The third-order valence-electron chi connectivity index (χ3n) is 3.65. The Morgan fingerprint density at radius 2 is 1.96 bits per heavy atom. The average molecular weight is 385 g/mol. The molecule has 2 heterocycles. The van der Waals surface area contributed by atoms with Crippen molar-refractivity contribution in [3.05, 3.63) is 58.9 Å². The number of nitrogens with zero attached hydrogens (tertiary/aromatic N) is 3. The molecule has 0 aliphatic heterocycles. The number of nitrogens with one attached hydrogen (secondary N) is 2. The third kappa shape index (κ3) is 5.14. The van der Waals surface area contributed by atoms with Crippen LogP contribution in [0.2, 0.25) is 0 Å². The maximum absolute atomic E-state index is 12.0. The number of hydrogen-bond donors (Lipinski definition) is 2. The molecule has 27 heavy (non-hydrogen) atoms. The quantitative estimate of drug-likeness (QED) is 0.649. The first-order valence-corrected chi connectivity index (χ1v) is 8.97. The number of urea groups is 1. The number of rotatable bonds is 7. The highest BCUT2D eigenvalue weighted by Crippen LogP contribution is 2.29. The summed E-state index contributed by atoms with van der Waals surface area (Å²) in [6, 6.07) is 10.9. The number of benzene rings is 1. The molecule has 140 valence electrons. The SMILES string of the molecule is COc1ccc(Cc2nnc(NC(=O)NCc3ccccn3)s2)cc1OC. The van der Waals surface area contributed by atoms with Crippen molar-refractivity contribution in [2.24, 2.45) is 0 Å². The summed E-state index contributed by atoms with van der Waals surface area (Å²) < 4.78 is 10.5. The zero-order chi connectivity index (χ0) is 19.1. The summed E-state index contributed by atoms with van der Waals surface area (Å²) >= 11 is 1.32. The van der Waals surface area contributed by atoms with Crippen molar-refractivity contribution < 1.29 is 14.3 Å². The van der Waals surface area contributed by atoms with Crippen molar-refractivity contribution >= 4 is 22.5 Å². The molecule has 9 heteroatoms. The summed E-state index contributed by atoms with van der Waals surface area (Å²) in [6.45, 7) is 0.337. The first-order valence-electron chi connectivity index (χ1n) is 8.16. The Morgan fingerprint density at radius 3 is 2.70 bits per heavy atom. The highest BCUT2D eigenvalue weighted by Gasteiger charge is 2.10. The fourth-order valence-corrected chi connectivity index (χ4v) is 3.12. The van der Waals surface area contributed by atoms with Crippen molar-refractivity contribution in [2.75, 3.05) is 19.5 Å². The molecule has 2 amide bonds. The minimum Gasteiger partial charge on any atom is -0.493 e. The van der Waals surface area contributed by atoms with Crippen LogP contribution in [0.1, 0.15) is 16.3 Å². The lowest BCUT2D eigenvalue weighted by molar-refractivity contribution is 0.251. The van der Waals surface area contributed by atoms with Crippen molar-refractivity contribution in [3.63, 3.8) is 0 Å². The predicted octanol–water partition coefficient (Wildman–Crippen LogP) is 2.86. The van der Waals surface area contributed by atoms with E-state index in [0.717, 1.165) is 16.3 Å². The number of hydrogen-bond acceptors (Lipinski definition) is 7. The minimum atomic E-state index is -0.352. The number of aromatic nitrogens is 3. The molecule has 0 saturated carbocycles. The number of anilines is 1. The molecule has 0 spiro atoms. The highest BCUT2D eigenvalue weighted by molar-refractivity contribution is 7.15. The summed E-state index contributed by atoms with van der Waals surface area (Å²) in [5.41, 5.74) is 1.79. The zero-order valence-corrected chi connectivity index (χ0v) is 15.7. The van der Waals surface area contributed by atoms with Gasteiger partial charge in [-0.1, -0.05) is 23.5 Å². The van der Waals surface area contributed by atoms with Crippen molar-refractivity contribution in [2.45, 2.75) is 13.0 Å². The van der Waals surface area contributed by atoms with Gasteiger partial charge in [-0.25, -0.2) is 4.79 Å². The Balaban J connectivity index is 1.56. The van der Waals surface area contributed by atoms with Gasteiger partial charge in [-0.3, -0.25) is 10.3 Å². The van der Waals surface area contributed by atoms with Gasteiger partial charge in [-0.2, -0.15) is 0 Å². The number of carbonyl (C=O) groups is 1. The second-order valence-corrected chi connectivity index (χ2v) is 6.56. The molecule has 3 aromatic rings. The number of pyridine rings is 1. The van der Waals surface area contributed by atoms with Crippen LogP contribution in [-0.4, -0.2) is 35.4 Å². The van der Waals surface area contributed by atoms with E-state index in [2.05, 4.69) is 25.8 Å². The van der Waals surface area contributed by atoms with E-state index in [1.807, 2.05) is 36.4 Å². The van der Waals surface area contributed by atoms with E-state index in [1.54, 1.807) is 20.4 Å². The Bertz CT molecular complexity index is 901. The molecule has 0 atom stereocenters. The molecule has 0 aliphatic carbocycles. The summed E-state index contributed by atoms with van der Waals surface area (Å²) in [5, 5.41) is 14.8. The van der Waals surface area contributed by atoms with E-state index in [-0.39, 0.29) is 6.03 Å². The van der Waals surface area contributed by atoms with Gasteiger partial charge in [0.05, 0.1) is 26.5 Å². The number of carbonyl (C=O) groups excluding carboxylic acids is 1. The van der Waals surface area contributed by atoms with E-state index in [9.17, 15) is 4.79 Å². The van der Waals surface area contributed by atoms with E-state index in [4.69, 9.17) is 9.47 Å². The lowest BCUT2D eigenvalue weighted by Gasteiger charge is -2.08. The number of amides is 2. The molecule has 1 aromatic carbocycles. The van der Waals surface area contributed by atoms with E-state index in [1.165, 1.54) is 11.3 Å². The smallest absolute Gasteiger partial charge is 0.321 e. The summed E-state index contributed by atoms with van der Waals surface area (Å²) in [7, 11) is 3.19. The highest BCUT2D eigenvalue weighted by atomic mass is 32.1. The van der Waals surface area contributed by atoms with Gasteiger partial charge >= 0.3 is 6.03 Å². The van der Waals surface area contributed by atoms with Crippen LogP contribution in [0.3, 0.4) is 0 Å². The van der Waals surface area contributed by atoms with Gasteiger partial charge in [0.2, 0.25) is 5.13 Å². The first kappa shape index (κ1) is 18.6. The van der Waals surface area contributed by atoms with Gasteiger partial charge in [-0.05, 0) is 29.8 Å². The fraction of sp³-hybridized carbons (Fsp3) is 0.222. The van der Waals surface area contributed by atoms with Gasteiger partial charge in [-0.15, -0.1) is 10.2 Å². The lowest BCUT2D eigenvalue weighted by Crippen LogP contribution is -2.28. The molecule has 8 nitrogen and oxygen atoms in total. The van der Waals surface area contributed by atoms with Crippen LogP contribution in [0.15, 0.2) is 42.6 Å². The van der Waals surface area contributed by atoms with Crippen molar-refractivity contribution in [1.82, 2.24) is 20.5 Å². The fourth-order valence-electron chi connectivity index (χ4n) is 2.36. The van der Waals surface area contributed by atoms with E-state index in [0.29, 0.717) is 29.6 Å². The van der Waals surface area contributed by atoms with Crippen LogP contribution in [0.25, 0.3) is 0 Å². The predicted molar refractivity (Wildman–Crippen MR) is 102 cm³/mol. The molecule has 0 bridgehead atoms. The molecular weight excluding hydrogens is 366 g/mol. The second-order valence-electron chi connectivity index (χ2n) is 5.50. The molecule has 0 saturated heterocycles. The monoisotopic (exact) mass is 385 g/mol. The van der Waals surface area contributed by atoms with Gasteiger partial charge in [0, 0.05) is 12.6 Å². The molecule has 0 fully saturated rings. The molecule has 2 aromatic heterocycles. The number of ether oxygens (including phenoxy) is 2. The van der Waals surface area contributed by atoms with Gasteiger partial charge in [0.15, 0.2) is 11.5 Å². The number of methoxy groups -OCH3 is 2. The van der Waals surface area contributed by atoms with E-state index < -0.39 is 0 Å². The van der Waals surface area contributed by atoms with Gasteiger partial charge < -0.3 is 14.8 Å². The minimum absolute atomic E-state index is 0.337. The Morgan fingerprint density at radius 1 is 1.11 bits per heavy atom. The van der Waals surface area contributed by atoms with Crippen LogP contribution in [-0.2, 0) is 13.0 Å². The lowest BCUT2D eigenvalue weighted by atomic mass is 10.1. The van der Waals surface area contributed by atoms with Gasteiger partial charge in [0.25, 0.3) is 0 Å². The standard InChI is InChI=1S/C18H19N5O3S/c1-25-14-7-6-12(9-15(14)26-2)10-16-22-23-18(27-16)21-17(24)20-11-13-5-3-4-8-19-13/h3-9H,10-11H2,1-2H3,(H2,20,21,23,24). The van der Waals surface area contributed by atoms with Crippen LogP contribution in [0.4, 0.5) is 9.93 Å². The van der Waals surface area contributed by atoms with Crippen molar-refractivity contribution in [3.8, 4) is 11.5 Å². The normalized spacial score (nSPS) is 10.3. The molecule has 2 N–H and O–H groups in total. The Hall–Kier alpha value is -3.20. The topological polar surface area (TPSA) is 98.3 Å². The summed E-state index contributed by atoms with van der Waals surface area (Å²) in [6.07, 6.45) is 2.26. The van der Waals surface area contributed by atoms with Crippen LogP contribution in [0.5, 0.6) is 11.5 Å². The Labute approximate surface area is 160 Å². The maximum Gasteiger partial charge on any atom is 0.321 e. The summed E-state index contributed by atoms with van der Waals surface area (Å²) in [5.74, 6) is 1.33. The van der Waals surface area contributed by atoms with Crippen molar-refractivity contribution in [1.29, 1.82) is 0 Å². The largest absolute Gasteiger partial charge is 0.493 e. The molecule has 0 aliphatic rings. The summed E-state index contributed by atoms with van der Waals surface area (Å²) in [4.78, 5) is 16.1. The maximum atomic E-state index is 12.0. The average Bonchev–Trinajstić information content (AvgIpc) is 3.13. The molecule has 3 rings (SSSR count). The van der Waals surface area contributed by atoms with Gasteiger partial charge in [0.1, 0.15) is 5.01 Å². The first-order chi connectivity index (χ1) is 13.2. The van der Waals surface area contributed by atoms with Crippen LogP contribution in [0, 0.1) is 0 Å². The molecule has 0 radical (unpaired) electrons. The molecular formula is C18H19N5O3S. The van der Waals surface area contributed by atoms with Crippen LogP contribution >= 0.6 is 11.3 Å². The van der Waals surface area contributed by atoms with Crippen LogP contribution < -0.4 is 20.1 Å².